The van der Waals surface area contributed by atoms with Crippen molar-refractivity contribution in [2.45, 2.75) is 33.2 Å². The lowest BCUT2D eigenvalue weighted by molar-refractivity contribution is -0.688. The van der Waals surface area contributed by atoms with E-state index in [9.17, 15) is 0 Å². The zero-order valence-electron chi connectivity index (χ0n) is 10.7. The highest BCUT2D eigenvalue weighted by Crippen LogP contribution is 2.09. The summed E-state index contributed by atoms with van der Waals surface area (Å²) in [6, 6.07) is 7.90. The van der Waals surface area contributed by atoms with Crippen LogP contribution in [0.3, 0.4) is 0 Å². The summed E-state index contributed by atoms with van der Waals surface area (Å²) in [5, 5.41) is 0.770. The second-order valence-electron chi connectivity index (χ2n) is 4.57. The molecule has 18 heavy (non-hydrogen) atoms. The molecule has 0 aliphatic rings. The van der Waals surface area contributed by atoms with Gasteiger partial charge >= 0.3 is 0 Å². The standard InChI is InChI=1S/C14H18ClN2O/c1-12(2)18-11-17-8-7-16(10-17)9-13-3-5-14(15)6-4-13/h3-8,10,12H,9,11H2,1-2H3/q+1. The lowest BCUT2D eigenvalue weighted by Gasteiger charge is -2.03. The Hall–Kier alpha value is -1.32. The lowest BCUT2D eigenvalue weighted by Crippen LogP contribution is -2.31. The molecular formula is C14H18ClN2O+. The number of ether oxygens (including phenoxy) is 1. The number of benzene rings is 1. The molecule has 0 aliphatic heterocycles. The zero-order valence-corrected chi connectivity index (χ0v) is 11.5. The van der Waals surface area contributed by atoms with Crippen molar-refractivity contribution in [3.8, 4) is 0 Å². The van der Waals surface area contributed by atoms with Gasteiger partial charge in [0.2, 0.25) is 6.33 Å². The number of rotatable bonds is 5. The first kappa shape index (κ1) is 13.1. The molecule has 96 valence electrons. The van der Waals surface area contributed by atoms with Crippen molar-refractivity contribution in [2.24, 2.45) is 0 Å². The molecule has 1 heterocycles. The summed E-state index contributed by atoms with van der Waals surface area (Å²) in [6.07, 6.45) is 6.34. The number of nitrogens with zero attached hydrogens (tertiary/aromatic N) is 2. The molecule has 3 nitrogen and oxygen atoms in total. The highest BCUT2D eigenvalue weighted by Gasteiger charge is 2.05. The Morgan fingerprint density at radius 2 is 2.00 bits per heavy atom. The number of hydrogen-bond acceptors (Lipinski definition) is 1. The molecule has 0 spiro atoms. The van der Waals surface area contributed by atoms with E-state index in [0.717, 1.165) is 11.6 Å². The van der Waals surface area contributed by atoms with Gasteiger partial charge in [-0.3, -0.25) is 0 Å². The van der Waals surface area contributed by atoms with Crippen LogP contribution in [-0.2, 0) is 18.0 Å². The van der Waals surface area contributed by atoms with E-state index >= 15 is 0 Å². The Morgan fingerprint density at radius 1 is 1.28 bits per heavy atom. The summed E-state index contributed by atoms with van der Waals surface area (Å²) < 4.78 is 9.68. The van der Waals surface area contributed by atoms with E-state index in [2.05, 4.69) is 4.57 Å². The summed E-state index contributed by atoms with van der Waals surface area (Å²) in [5.41, 5.74) is 1.23. The fourth-order valence-electron chi connectivity index (χ4n) is 1.64. The van der Waals surface area contributed by atoms with Gasteiger partial charge in [-0.2, -0.15) is 0 Å². The first-order valence-corrected chi connectivity index (χ1v) is 6.42. The highest BCUT2D eigenvalue weighted by atomic mass is 35.5. The fraction of sp³-hybridized carbons (Fsp3) is 0.357. The molecule has 0 saturated carbocycles. The normalized spacial score (nSPS) is 11.1. The van der Waals surface area contributed by atoms with Gasteiger partial charge in [-0.1, -0.05) is 23.7 Å². The van der Waals surface area contributed by atoms with E-state index in [1.807, 2.05) is 61.4 Å². The molecule has 4 heteroatoms. The first-order valence-electron chi connectivity index (χ1n) is 6.04. The minimum Gasteiger partial charge on any atom is -0.339 e. The Labute approximate surface area is 113 Å². The van der Waals surface area contributed by atoms with Crippen LogP contribution in [0.25, 0.3) is 0 Å². The van der Waals surface area contributed by atoms with Crippen LogP contribution in [-0.4, -0.2) is 10.7 Å². The minimum absolute atomic E-state index is 0.247. The maximum absolute atomic E-state index is 5.86. The molecular weight excluding hydrogens is 248 g/mol. The monoisotopic (exact) mass is 265 g/mol. The smallest absolute Gasteiger partial charge is 0.245 e. The van der Waals surface area contributed by atoms with Crippen molar-refractivity contribution >= 4 is 11.6 Å². The van der Waals surface area contributed by atoms with Gasteiger partial charge in [0.25, 0.3) is 0 Å². The quantitative estimate of drug-likeness (QED) is 0.761. The fourth-order valence-corrected chi connectivity index (χ4v) is 1.77. The Balaban J connectivity index is 1.95. The molecule has 0 amide bonds. The van der Waals surface area contributed by atoms with E-state index in [4.69, 9.17) is 16.3 Å². The average molecular weight is 266 g/mol. The molecule has 1 aromatic carbocycles. The number of halogens is 1. The van der Waals surface area contributed by atoms with Crippen molar-refractivity contribution in [1.29, 1.82) is 0 Å². The molecule has 0 radical (unpaired) electrons. The third kappa shape index (κ3) is 3.86. The van der Waals surface area contributed by atoms with E-state index in [1.54, 1.807) is 0 Å². The van der Waals surface area contributed by atoms with Crippen molar-refractivity contribution in [2.75, 3.05) is 0 Å². The molecule has 0 bridgehead atoms. The Kier molecular flexibility index (Phi) is 4.39. The zero-order chi connectivity index (χ0) is 13.0. The maximum atomic E-state index is 5.86. The summed E-state index contributed by atoms with van der Waals surface area (Å²) in [4.78, 5) is 0. The number of hydrogen-bond donors (Lipinski definition) is 0. The third-order valence-corrected chi connectivity index (χ3v) is 2.83. The SMILES string of the molecule is CC(C)OCn1cc[n+](Cc2ccc(Cl)cc2)c1. The predicted octanol–water partition coefficient (Wildman–Crippen LogP) is 2.86. The summed E-state index contributed by atoms with van der Waals surface area (Å²) in [7, 11) is 0. The van der Waals surface area contributed by atoms with E-state index in [1.165, 1.54) is 5.56 Å². The maximum Gasteiger partial charge on any atom is 0.245 e. The van der Waals surface area contributed by atoms with Crippen molar-refractivity contribution in [3.05, 3.63) is 53.6 Å². The van der Waals surface area contributed by atoms with Crippen LogP contribution in [0.4, 0.5) is 0 Å². The van der Waals surface area contributed by atoms with Crippen molar-refractivity contribution in [1.82, 2.24) is 4.57 Å². The van der Waals surface area contributed by atoms with Crippen LogP contribution in [0, 0.1) is 0 Å². The van der Waals surface area contributed by atoms with Gasteiger partial charge in [-0.25, -0.2) is 9.13 Å². The molecule has 2 aromatic rings. The number of imidazole rings is 1. The van der Waals surface area contributed by atoms with Gasteiger partial charge in [0.1, 0.15) is 18.9 Å². The van der Waals surface area contributed by atoms with Gasteiger partial charge in [0.15, 0.2) is 6.73 Å². The second kappa shape index (κ2) is 6.03. The average Bonchev–Trinajstić information content (AvgIpc) is 2.77. The van der Waals surface area contributed by atoms with Gasteiger partial charge in [-0.05, 0) is 31.5 Å². The topological polar surface area (TPSA) is 18.0 Å². The van der Waals surface area contributed by atoms with Gasteiger partial charge in [0.05, 0.1) is 6.10 Å². The van der Waals surface area contributed by atoms with Gasteiger partial charge in [-0.15, -0.1) is 0 Å². The minimum atomic E-state index is 0.247. The van der Waals surface area contributed by atoms with Crippen molar-refractivity contribution in [3.63, 3.8) is 0 Å². The van der Waals surface area contributed by atoms with Crippen LogP contribution in [0.1, 0.15) is 19.4 Å². The van der Waals surface area contributed by atoms with Gasteiger partial charge in [0, 0.05) is 5.02 Å². The third-order valence-electron chi connectivity index (χ3n) is 2.58. The second-order valence-corrected chi connectivity index (χ2v) is 5.01. The predicted molar refractivity (Wildman–Crippen MR) is 71.4 cm³/mol. The van der Waals surface area contributed by atoms with Crippen LogP contribution in [0.2, 0.25) is 5.02 Å². The molecule has 0 atom stereocenters. The van der Waals surface area contributed by atoms with E-state index < -0.39 is 0 Å². The Bertz CT molecular complexity index is 491. The van der Waals surface area contributed by atoms with Gasteiger partial charge < -0.3 is 4.74 Å². The van der Waals surface area contributed by atoms with Crippen molar-refractivity contribution < 1.29 is 9.30 Å². The largest absolute Gasteiger partial charge is 0.339 e. The molecule has 2 rings (SSSR count). The van der Waals surface area contributed by atoms with E-state index in [-0.39, 0.29) is 6.10 Å². The molecule has 1 aromatic heterocycles. The molecule has 0 aliphatic carbocycles. The lowest BCUT2D eigenvalue weighted by atomic mass is 10.2. The summed E-state index contributed by atoms with van der Waals surface area (Å²) >= 11 is 5.86. The summed E-state index contributed by atoms with van der Waals surface area (Å²) in [5.74, 6) is 0. The molecule has 0 saturated heterocycles. The summed E-state index contributed by atoms with van der Waals surface area (Å²) in [6.45, 7) is 5.49. The van der Waals surface area contributed by atoms with Crippen LogP contribution in [0.15, 0.2) is 43.0 Å². The molecule has 0 N–H and O–H groups in total. The van der Waals surface area contributed by atoms with E-state index in [0.29, 0.717) is 6.73 Å². The Morgan fingerprint density at radius 3 is 2.67 bits per heavy atom. The van der Waals surface area contributed by atoms with Crippen LogP contribution in [0.5, 0.6) is 0 Å². The first-order chi connectivity index (χ1) is 8.63. The number of aromatic nitrogens is 2. The highest BCUT2D eigenvalue weighted by molar-refractivity contribution is 6.30. The molecule has 0 unspecified atom stereocenters. The van der Waals surface area contributed by atoms with Crippen LogP contribution >= 0.6 is 11.6 Å². The van der Waals surface area contributed by atoms with Crippen LogP contribution < -0.4 is 4.57 Å². The molecule has 0 fully saturated rings.